The first-order valence-corrected chi connectivity index (χ1v) is 10.3. The third kappa shape index (κ3) is 4.90. The van der Waals surface area contributed by atoms with Gasteiger partial charge in [-0.3, -0.25) is 9.10 Å². The maximum Gasteiger partial charge on any atom is 0.264 e. The van der Waals surface area contributed by atoms with Crippen molar-refractivity contribution in [3.63, 3.8) is 0 Å². The number of sulfonamides is 1. The van der Waals surface area contributed by atoms with Crippen LogP contribution in [0.3, 0.4) is 0 Å². The fourth-order valence-electron chi connectivity index (χ4n) is 2.26. The molecule has 1 atom stereocenters. The second kappa shape index (κ2) is 8.75. The molecule has 8 heteroatoms. The van der Waals surface area contributed by atoms with E-state index in [0.717, 1.165) is 10.7 Å². The first-order chi connectivity index (χ1) is 12.3. The molecule has 2 aromatic rings. The van der Waals surface area contributed by atoms with Crippen molar-refractivity contribution in [1.29, 1.82) is 0 Å². The number of anilines is 1. The van der Waals surface area contributed by atoms with Crippen molar-refractivity contribution in [1.82, 2.24) is 5.32 Å². The van der Waals surface area contributed by atoms with Crippen LogP contribution in [0, 0.1) is 0 Å². The quantitative estimate of drug-likeness (QED) is 0.741. The number of carbonyl (C=O) groups excluding carboxylic acids is 1. The summed E-state index contributed by atoms with van der Waals surface area (Å²) in [6.45, 7) is 3.39. The number of amides is 1. The maximum atomic E-state index is 13.1. The molecule has 0 aromatic heterocycles. The molecule has 2 rings (SSSR count). The monoisotopic (exact) mass is 414 g/mol. The van der Waals surface area contributed by atoms with E-state index in [4.69, 9.17) is 23.2 Å². The molecule has 0 aliphatic heterocycles. The van der Waals surface area contributed by atoms with Crippen molar-refractivity contribution in [2.75, 3.05) is 10.8 Å². The van der Waals surface area contributed by atoms with Crippen LogP contribution in [0.1, 0.15) is 20.3 Å². The first kappa shape index (κ1) is 20.6. The Hall–Kier alpha value is -1.76. The van der Waals surface area contributed by atoms with Crippen LogP contribution in [0.25, 0.3) is 0 Å². The van der Waals surface area contributed by atoms with Crippen LogP contribution in [-0.2, 0) is 14.8 Å². The number of halogens is 2. The van der Waals surface area contributed by atoms with Crippen LogP contribution in [-0.4, -0.2) is 26.9 Å². The number of nitrogens with zero attached hydrogens (tertiary/aromatic N) is 1. The lowest BCUT2D eigenvalue weighted by molar-refractivity contribution is -0.120. The van der Waals surface area contributed by atoms with Crippen LogP contribution in [0.15, 0.2) is 53.4 Å². The Bertz CT molecular complexity index is 873. The summed E-state index contributed by atoms with van der Waals surface area (Å²) >= 11 is 12.1. The fourth-order valence-corrected chi connectivity index (χ4v) is 4.28. The second-order valence-corrected chi connectivity index (χ2v) is 8.50. The third-order valence-corrected chi connectivity index (χ3v) is 6.13. The van der Waals surface area contributed by atoms with E-state index in [1.807, 2.05) is 13.8 Å². The number of nitrogens with one attached hydrogen (secondary N) is 1. The molecule has 1 N–H and O–H groups in total. The highest BCUT2D eigenvalue weighted by Gasteiger charge is 2.28. The topological polar surface area (TPSA) is 66.5 Å². The van der Waals surface area contributed by atoms with Crippen molar-refractivity contribution in [2.45, 2.75) is 31.2 Å². The van der Waals surface area contributed by atoms with E-state index < -0.39 is 15.9 Å². The molecular formula is C18H20Cl2N2O3S. The van der Waals surface area contributed by atoms with Gasteiger partial charge in [0.1, 0.15) is 6.54 Å². The molecule has 140 valence electrons. The zero-order valence-corrected chi connectivity index (χ0v) is 16.8. The molecule has 26 heavy (non-hydrogen) atoms. The lowest BCUT2D eigenvalue weighted by Gasteiger charge is -2.25. The molecular weight excluding hydrogens is 395 g/mol. The second-order valence-electron chi connectivity index (χ2n) is 5.80. The average Bonchev–Trinajstić information content (AvgIpc) is 2.60. The molecule has 1 amide bonds. The summed E-state index contributed by atoms with van der Waals surface area (Å²) in [7, 11) is -3.98. The average molecular weight is 415 g/mol. The van der Waals surface area contributed by atoms with Crippen LogP contribution in [0.2, 0.25) is 10.0 Å². The summed E-state index contributed by atoms with van der Waals surface area (Å²) in [5.74, 6) is -0.412. The molecule has 0 heterocycles. The SMILES string of the molecule is CCC(C)NC(=O)CN(c1ccc(Cl)cc1Cl)S(=O)(=O)c1ccccc1. The molecule has 0 fully saturated rings. The Kier molecular flexibility index (Phi) is 6.92. The molecule has 0 bridgehead atoms. The Labute approximate surface area is 164 Å². The van der Waals surface area contributed by atoms with Gasteiger partial charge in [-0.15, -0.1) is 0 Å². The van der Waals surface area contributed by atoms with Crippen LogP contribution in [0.5, 0.6) is 0 Å². The van der Waals surface area contributed by atoms with Crippen molar-refractivity contribution in [3.8, 4) is 0 Å². The Balaban J connectivity index is 2.47. The predicted molar refractivity (Wildman–Crippen MR) is 105 cm³/mol. The highest BCUT2D eigenvalue weighted by molar-refractivity contribution is 7.92. The molecule has 0 saturated carbocycles. The van der Waals surface area contributed by atoms with Gasteiger partial charge in [-0.25, -0.2) is 8.42 Å². The van der Waals surface area contributed by atoms with Gasteiger partial charge >= 0.3 is 0 Å². The molecule has 0 radical (unpaired) electrons. The molecule has 5 nitrogen and oxygen atoms in total. The Morgan fingerprint density at radius 1 is 1.15 bits per heavy atom. The van der Waals surface area contributed by atoms with Gasteiger partial charge in [0.05, 0.1) is 15.6 Å². The summed E-state index contributed by atoms with van der Waals surface area (Å²) in [4.78, 5) is 12.4. The number of rotatable bonds is 7. The van der Waals surface area contributed by atoms with Crippen molar-refractivity contribution in [3.05, 3.63) is 58.6 Å². The van der Waals surface area contributed by atoms with Crippen LogP contribution >= 0.6 is 23.2 Å². The van der Waals surface area contributed by atoms with E-state index >= 15 is 0 Å². The van der Waals surface area contributed by atoms with Crippen molar-refractivity contribution >= 4 is 44.8 Å². The van der Waals surface area contributed by atoms with Gasteiger partial charge in [0, 0.05) is 11.1 Å². The molecule has 0 saturated heterocycles. The first-order valence-electron chi connectivity index (χ1n) is 8.08. The van der Waals surface area contributed by atoms with E-state index in [1.165, 1.54) is 30.3 Å². The number of hydrogen-bond donors (Lipinski definition) is 1. The Morgan fingerprint density at radius 2 is 1.81 bits per heavy atom. The van der Waals surface area contributed by atoms with Gasteiger partial charge in [-0.2, -0.15) is 0 Å². The van der Waals surface area contributed by atoms with E-state index in [2.05, 4.69) is 5.32 Å². The molecule has 2 aromatic carbocycles. The van der Waals surface area contributed by atoms with Gasteiger partial charge in [-0.1, -0.05) is 48.3 Å². The maximum absolute atomic E-state index is 13.1. The smallest absolute Gasteiger partial charge is 0.264 e. The number of carbonyl (C=O) groups is 1. The van der Waals surface area contributed by atoms with Crippen molar-refractivity contribution < 1.29 is 13.2 Å². The molecule has 0 aliphatic carbocycles. The summed E-state index contributed by atoms with van der Waals surface area (Å²) in [5, 5.41) is 3.29. The summed E-state index contributed by atoms with van der Waals surface area (Å²) in [6.07, 6.45) is 0.735. The minimum atomic E-state index is -3.98. The minimum Gasteiger partial charge on any atom is -0.352 e. The van der Waals surface area contributed by atoms with E-state index in [1.54, 1.807) is 18.2 Å². The lowest BCUT2D eigenvalue weighted by atomic mass is 10.2. The van der Waals surface area contributed by atoms with Gasteiger partial charge in [0.25, 0.3) is 10.0 Å². The van der Waals surface area contributed by atoms with Gasteiger partial charge < -0.3 is 5.32 Å². The Morgan fingerprint density at radius 3 is 2.38 bits per heavy atom. The van der Waals surface area contributed by atoms with E-state index in [0.29, 0.717) is 5.02 Å². The van der Waals surface area contributed by atoms with Crippen LogP contribution < -0.4 is 9.62 Å². The standard InChI is InChI=1S/C18H20Cl2N2O3S/c1-3-13(2)21-18(23)12-22(17-10-9-14(19)11-16(17)20)26(24,25)15-7-5-4-6-8-15/h4-11,13H,3,12H2,1-2H3,(H,21,23). The van der Waals surface area contributed by atoms with Gasteiger partial charge in [0.15, 0.2) is 0 Å². The number of benzene rings is 2. The zero-order chi connectivity index (χ0) is 19.3. The van der Waals surface area contributed by atoms with E-state index in [-0.39, 0.29) is 28.2 Å². The van der Waals surface area contributed by atoms with Gasteiger partial charge in [0.2, 0.25) is 5.91 Å². The molecule has 0 aliphatic rings. The predicted octanol–water partition coefficient (Wildman–Crippen LogP) is 4.10. The van der Waals surface area contributed by atoms with E-state index in [9.17, 15) is 13.2 Å². The normalized spacial score (nSPS) is 12.5. The molecule has 1 unspecified atom stereocenters. The summed E-state index contributed by atoms with van der Waals surface area (Å²) in [6, 6.07) is 12.3. The molecule has 0 spiro atoms. The highest BCUT2D eigenvalue weighted by atomic mass is 35.5. The largest absolute Gasteiger partial charge is 0.352 e. The summed E-state index contributed by atoms with van der Waals surface area (Å²) in [5.41, 5.74) is 0.194. The number of hydrogen-bond acceptors (Lipinski definition) is 3. The van der Waals surface area contributed by atoms with Crippen LogP contribution in [0.4, 0.5) is 5.69 Å². The van der Waals surface area contributed by atoms with Gasteiger partial charge in [-0.05, 0) is 43.7 Å². The minimum absolute atomic E-state index is 0.0653. The third-order valence-electron chi connectivity index (χ3n) is 3.82. The zero-order valence-electron chi connectivity index (χ0n) is 14.4. The fraction of sp³-hybridized carbons (Fsp3) is 0.278. The highest BCUT2D eigenvalue weighted by Crippen LogP contribution is 2.32. The lowest BCUT2D eigenvalue weighted by Crippen LogP contribution is -2.43. The summed E-state index contributed by atoms with van der Waals surface area (Å²) < 4.78 is 27.2. The van der Waals surface area contributed by atoms with Crippen molar-refractivity contribution in [2.24, 2.45) is 0 Å².